The van der Waals surface area contributed by atoms with Gasteiger partial charge in [0.05, 0.1) is 5.56 Å². The Morgan fingerprint density at radius 1 is 1.08 bits per heavy atom. The molecule has 1 aromatic heterocycles. The van der Waals surface area contributed by atoms with Crippen LogP contribution in [0.1, 0.15) is 26.3 Å². The van der Waals surface area contributed by atoms with Crippen LogP contribution in [-0.4, -0.2) is 40.8 Å². The zero-order valence-corrected chi connectivity index (χ0v) is 13.2. The Bertz CT molecular complexity index is 887. The molecule has 3 aromatic rings. The maximum absolute atomic E-state index is 12.3. The Balaban J connectivity index is 1.63. The summed E-state index contributed by atoms with van der Waals surface area (Å²) in [5, 5.41) is 16.0. The fraction of sp³-hybridized carbons (Fsp3) is 0.176. The van der Waals surface area contributed by atoms with Gasteiger partial charge in [-0.15, -0.1) is 0 Å². The molecule has 0 saturated heterocycles. The van der Waals surface area contributed by atoms with Crippen molar-refractivity contribution in [3.8, 4) is 0 Å². The fourth-order valence-corrected chi connectivity index (χ4v) is 2.48. The molecule has 3 rings (SSSR count). The van der Waals surface area contributed by atoms with Crippen molar-refractivity contribution in [3.63, 3.8) is 0 Å². The summed E-state index contributed by atoms with van der Waals surface area (Å²) in [5.41, 5.74) is 3.28. The van der Waals surface area contributed by atoms with Crippen LogP contribution in [0.3, 0.4) is 0 Å². The second-order valence-electron chi connectivity index (χ2n) is 5.28. The monoisotopic (exact) mass is 323 g/mol. The second kappa shape index (κ2) is 6.91. The van der Waals surface area contributed by atoms with Crippen LogP contribution in [0.5, 0.6) is 0 Å². The number of para-hydroxylation sites is 1. The van der Waals surface area contributed by atoms with Crippen molar-refractivity contribution in [1.29, 1.82) is 0 Å². The molecular weight excluding hydrogens is 306 g/mol. The molecule has 7 heteroatoms. The van der Waals surface area contributed by atoms with Crippen molar-refractivity contribution < 1.29 is 9.59 Å². The number of hydrogen-bond acceptors (Lipinski definition) is 4. The minimum Gasteiger partial charge on any atom is -0.355 e. The highest BCUT2D eigenvalue weighted by atomic mass is 16.2. The molecule has 24 heavy (non-hydrogen) atoms. The van der Waals surface area contributed by atoms with Gasteiger partial charge in [0.2, 0.25) is 0 Å². The van der Waals surface area contributed by atoms with Gasteiger partial charge in [-0.05, 0) is 36.2 Å². The van der Waals surface area contributed by atoms with E-state index in [0.717, 1.165) is 5.56 Å². The summed E-state index contributed by atoms with van der Waals surface area (Å²) in [6.07, 6.45) is 0.630. The molecular formula is C17H17N5O2. The van der Waals surface area contributed by atoms with E-state index in [0.29, 0.717) is 35.1 Å². The minimum atomic E-state index is -0.197. The molecule has 0 radical (unpaired) electrons. The van der Waals surface area contributed by atoms with Crippen molar-refractivity contribution in [1.82, 2.24) is 26.0 Å². The normalized spacial score (nSPS) is 10.5. The fourth-order valence-electron chi connectivity index (χ4n) is 2.48. The molecule has 0 atom stereocenters. The molecule has 0 aliphatic carbocycles. The second-order valence-corrected chi connectivity index (χ2v) is 5.28. The topological polar surface area (TPSA) is 99.8 Å². The van der Waals surface area contributed by atoms with Crippen LogP contribution in [0.25, 0.3) is 11.0 Å². The van der Waals surface area contributed by atoms with Gasteiger partial charge in [-0.25, -0.2) is 0 Å². The molecule has 0 unspecified atom stereocenters. The Labute approximate surface area is 138 Å². The van der Waals surface area contributed by atoms with E-state index in [4.69, 9.17) is 0 Å². The average molecular weight is 323 g/mol. The Kier molecular flexibility index (Phi) is 4.51. The predicted molar refractivity (Wildman–Crippen MR) is 89.8 cm³/mol. The smallest absolute Gasteiger partial charge is 0.253 e. The lowest BCUT2D eigenvalue weighted by Crippen LogP contribution is -2.26. The number of carbonyl (C=O) groups excluding carboxylic acids is 2. The zero-order valence-electron chi connectivity index (χ0n) is 13.2. The van der Waals surface area contributed by atoms with E-state index >= 15 is 0 Å². The van der Waals surface area contributed by atoms with Crippen molar-refractivity contribution in [2.45, 2.75) is 6.42 Å². The van der Waals surface area contributed by atoms with E-state index in [9.17, 15) is 9.59 Å². The number of aromatic amines is 1. The number of hydrogen-bond donors (Lipinski definition) is 3. The number of fused-ring (bicyclic) bond motifs is 1. The maximum atomic E-state index is 12.3. The summed E-state index contributed by atoms with van der Waals surface area (Å²) >= 11 is 0. The number of nitrogens with zero attached hydrogens (tertiary/aromatic N) is 2. The van der Waals surface area contributed by atoms with E-state index in [-0.39, 0.29) is 11.8 Å². The summed E-state index contributed by atoms with van der Waals surface area (Å²) < 4.78 is 0. The molecule has 0 bridgehead atoms. The van der Waals surface area contributed by atoms with Crippen LogP contribution < -0.4 is 10.6 Å². The third kappa shape index (κ3) is 3.24. The van der Waals surface area contributed by atoms with E-state index in [2.05, 4.69) is 26.0 Å². The van der Waals surface area contributed by atoms with Crippen molar-refractivity contribution >= 4 is 22.8 Å². The Hall–Kier alpha value is -3.22. The molecule has 0 aliphatic rings. The van der Waals surface area contributed by atoms with Crippen molar-refractivity contribution in [2.24, 2.45) is 0 Å². The first-order valence-electron chi connectivity index (χ1n) is 7.58. The van der Waals surface area contributed by atoms with Gasteiger partial charge in [-0.3, -0.25) is 9.59 Å². The highest BCUT2D eigenvalue weighted by Gasteiger charge is 2.12. The number of amides is 2. The van der Waals surface area contributed by atoms with Gasteiger partial charge in [0.25, 0.3) is 11.8 Å². The van der Waals surface area contributed by atoms with Crippen LogP contribution in [0.4, 0.5) is 0 Å². The Morgan fingerprint density at radius 3 is 2.75 bits per heavy atom. The van der Waals surface area contributed by atoms with Gasteiger partial charge in [0, 0.05) is 19.2 Å². The molecule has 0 aliphatic heterocycles. The SMILES string of the molecule is CNC(=O)c1cccc(CCNC(=O)c2cccc3n[nH]nc23)c1. The summed E-state index contributed by atoms with van der Waals surface area (Å²) in [5.74, 6) is -0.324. The molecule has 3 N–H and O–H groups in total. The third-order valence-electron chi connectivity index (χ3n) is 3.71. The molecule has 2 amide bonds. The molecule has 7 nitrogen and oxygen atoms in total. The number of rotatable bonds is 5. The first-order valence-corrected chi connectivity index (χ1v) is 7.58. The van der Waals surface area contributed by atoms with Crippen molar-refractivity contribution in [3.05, 3.63) is 59.2 Å². The average Bonchev–Trinajstić information content (AvgIpc) is 3.09. The molecule has 122 valence electrons. The summed E-state index contributed by atoms with van der Waals surface area (Å²) in [4.78, 5) is 23.9. The van der Waals surface area contributed by atoms with E-state index in [1.54, 1.807) is 31.3 Å². The third-order valence-corrected chi connectivity index (χ3v) is 3.71. The van der Waals surface area contributed by atoms with Crippen LogP contribution in [-0.2, 0) is 6.42 Å². The first kappa shape index (κ1) is 15.7. The van der Waals surface area contributed by atoms with Crippen molar-refractivity contribution in [2.75, 3.05) is 13.6 Å². The quantitative estimate of drug-likeness (QED) is 0.659. The number of aromatic nitrogens is 3. The lowest BCUT2D eigenvalue weighted by atomic mass is 10.1. The standard InChI is InChI=1S/C17H17N5O2/c1-18-16(23)12-5-2-4-11(10-12)8-9-19-17(24)13-6-3-7-14-15(13)21-22-20-14/h2-7,10H,8-9H2,1H3,(H,18,23)(H,19,24)(H,20,21,22). The largest absolute Gasteiger partial charge is 0.355 e. The summed E-state index contributed by atoms with van der Waals surface area (Å²) in [7, 11) is 1.60. The minimum absolute atomic E-state index is 0.126. The molecule has 0 spiro atoms. The van der Waals surface area contributed by atoms with E-state index in [1.807, 2.05) is 18.2 Å². The van der Waals surface area contributed by atoms with E-state index < -0.39 is 0 Å². The summed E-state index contributed by atoms with van der Waals surface area (Å²) in [6, 6.07) is 12.6. The van der Waals surface area contributed by atoms with Gasteiger partial charge in [-0.1, -0.05) is 18.2 Å². The Morgan fingerprint density at radius 2 is 1.92 bits per heavy atom. The number of nitrogens with one attached hydrogen (secondary N) is 3. The lowest BCUT2D eigenvalue weighted by molar-refractivity contribution is 0.0949. The first-order chi connectivity index (χ1) is 11.7. The number of carbonyl (C=O) groups is 2. The molecule has 2 aromatic carbocycles. The van der Waals surface area contributed by atoms with Crippen LogP contribution in [0, 0.1) is 0 Å². The number of benzene rings is 2. The predicted octanol–water partition coefficient (Wildman–Crippen LogP) is 1.29. The van der Waals surface area contributed by atoms with Gasteiger partial charge in [0.1, 0.15) is 11.0 Å². The number of H-pyrrole nitrogens is 1. The van der Waals surface area contributed by atoms with Crippen LogP contribution >= 0.6 is 0 Å². The van der Waals surface area contributed by atoms with Gasteiger partial charge in [0.15, 0.2) is 0 Å². The maximum Gasteiger partial charge on any atom is 0.253 e. The van der Waals surface area contributed by atoms with Crippen LogP contribution in [0.15, 0.2) is 42.5 Å². The molecule has 1 heterocycles. The van der Waals surface area contributed by atoms with Gasteiger partial charge in [-0.2, -0.15) is 15.4 Å². The summed E-state index contributed by atoms with van der Waals surface area (Å²) in [6.45, 7) is 0.463. The zero-order chi connectivity index (χ0) is 16.9. The van der Waals surface area contributed by atoms with Gasteiger partial charge >= 0.3 is 0 Å². The molecule has 0 fully saturated rings. The molecule has 0 saturated carbocycles. The van der Waals surface area contributed by atoms with E-state index in [1.165, 1.54) is 0 Å². The highest BCUT2D eigenvalue weighted by molar-refractivity contribution is 6.04. The van der Waals surface area contributed by atoms with Crippen LogP contribution in [0.2, 0.25) is 0 Å². The lowest BCUT2D eigenvalue weighted by Gasteiger charge is -2.07. The van der Waals surface area contributed by atoms with Gasteiger partial charge < -0.3 is 10.6 Å². The highest BCUT2D eigenvalue weighted by Crippen LogP contribution is 2.13.